The molecule has 1 spiro atoms. The molecule has 5 aliphatic rings. The molecular formula is C41H55ClN4O6S. The molecule has 1 saturated carbocycles. The molecular weight excluding hydrogens is 712 g/mol. The van der Waals surface area contributed by atoms with Crippen molar-refractivity contribution in [3.8, 4) is 5.75 Å². The Morgan fingerprint density at radius 3 is 2.83 bits per heavy atom. The highest BCUT2D eigenvalue weighted by molar-refractivity contribution is 7.90. The minimum atomic E-state index is -1.49. The van der Waals surface area contributed by atoms with E-state index in [0.29, 0.717) is 31.2 Å². The first-order chi connectivity index (χ1) is 25.5. The monoisotopic (exact) mass is 766 g/mol. The lowest BCUT2D eigenvalue weighted by Gasteiger charge is -2.53. The third-order valence-corrected chi connectivity index (χ3v) is 13.8. The number of fused-ring (bicyclic) bond motifs is 4. The van der Waals surface area contributed by atoms with Crippen LogP contribution in [0.2, 0.25) is 5.02 Å². The van der Waals surface area contributed by atoms with Crippen molar-refractivity contribution in [2.24, 2.45) is 11.8 Å². The molecule has 2 aliphatic carbocycles. The van der Waals surface area contributed by atoms with Gasteiger partial charge in [-0.15, -0.1) is 0 Å². The number of halogens is 1. The molecule has 7 rings (SSSR count). The molecule has 2 saturated heterocycles. The zero-order valence-corrected chi connectivity index (χ0v) is 33.2. The summed E-state index contributed by atoms with van der Waals surface area (Å²) in [5, 5.41) is 0.558. The number of carbonyl (C=O) groups excluding carboxylic acids is 2. The topological polar surface area (TPSA) is 107 Å². The standard InChI is InChI=1S/C41H55ClN4O6S/c1-5-6-16-41(50-4,26-44-17-18-46-33(22-44)23-51-24-38(46)47)35-12-9-31(35)21-45-25-40(15-7-8-29-19-32(42)11-13-34(29)40)27-52-37-14-10-30(20-36(37)45)39(48)43-53(49)28(2)3/h6,10-11,13-14,16,19-20,28,31,33,35H,5,7-9,12,15,17-18,21-27H2,1-4H3,(H,43,48)/b16-6+/t31?,33?,35?,40-,41-,53?/m0/s1. The van der Waals surface area contributed by atoms with E-state index in [9.17, 15) is 14.1 Å². The Kier molecular flexibility index (Phi) is 11.7. The van der Waals surface area contributed by atoms with Crippen molar-refractivity contribution in [1.29, 1.82) is 0 Å². The van der Waals surface area contributed by atoms with Crippen molar-refractivity contribution in [1.82, 2.24) is 14.5 Å². The molecule has 3 aliphatic heterocycles. The van der Waals surface area contributed by atoms with Gasteiger partial charge in [0.15, 0.2) is 0 Å². The van der Waals surface area contributed by atoms with E-state index in [1.54, 1.807) is 6.07 Å². The number of methoxy groups -OCH3 is 1. The molecule has 4 unspecified atom stereocenters. The van der Waals surface area contributed by atoms with Crippen LogP contribution in [-0.2, 0) is 37.5 Å². The number of nitrogens with one attached hydrogen (secondary N) is 1. The van der Waals surface area contributed by atoms with Crippen LogP contribution in [0, 0.1) is 11.8 Å². The Hall–Kier alpha value is -2.80. The third kappa shape index (κ3) is 7.85. The molecule has 6 atom stereocenters. The second-order valence-corrected chi connectivity index (χ2v) is 18.1. The number of hydrogen-bond acceptors (Lipinski definition) is 8. The van der Waals surface area contributed by atoms with Gasteiger partial charge in [-0.2, -0.15) is 4.72 Å². The highest BCUT2D eigenvalue weighted by Gasteiger charge is 2.50. The van der Waals surface area contributed by atoms with Gasteiger partial charge in [0.25, 0.3) is 5.91 Å². The van der Waals surface area contributed by atoms with Gasteiger partial charge < -0.3 is 28.6 Å². The quantitative estimate of drug-likeness (QED) is 0.235. The van der Waals surface area contributed by atoms with Crippen LogP contribution < -0.4 is 14.4 Å². The van der Waals surface area contributed by atoms with Gasteiger partial charge in [0.05, 0.1) is 36.3 Å². The van der Waals surface area contributed by atoms with Crippen LogP contribution in [-0.4, -0.2) is 109 Å². The number of ether oxygens (including phenoxy) is 3. The Morgan fingerprint density at radius 1 is 1.23 bits per heavy atom. The van der Waals surface area contributed by atoms with E-state index in [1.165, 1.54) is 11.1 Å². The number of aryl methyl sites for hydroxylation is 1. The summed E-state index contributed by atoms with van der Waals surface area (Å²) in [6.45, 7) is 11.6. The fourth-order valence-corrected chi connectivity index (χ4v) is 10.1. The molecule has 1 N–H and O–H groups in total. The molecule has 12 heteroatoms. The van der Waals surface area contributed by atoms with Crippen molar-refractivity contribution in [2.45, 2.75) is 81.6 Å². The number of anilines is 1. The van der Waals surface area contributed by atoms with Gasteiger partial charge in [-0.1, -0.05) is 36.7 Å². The molecule has 0 aromatic heterocycles. The first kappa shape index (κ1) is 38.5. The van der Waals surface area contributed by atoms with E-state index < -0.39 is 17.0 Å². The van der Waals surface area contributed by atoms with Gasteiger partial charge in [0.1, 0.15) is 23.2 Å². The van der Waals surface area contributed by atoms with E-state index in [2.05, 4.69) is 45.7 Å². The summed E-state index contributed by atoms with van der Waals surface area (Å²) in [5.74, 6) is 1.07. The molecule has 0 bridgehead atoms. The molecule has 53 heavy (non-hydrogen) atoms. The second kappa shape index (κ2) is 16.1. The number of rotatable bonds is 11. The van der Waals surface area contributed by atoms with Gasteiger partial charge in [-0.05, 0) is 106 Å². The van der Waals surface area contributed by atoms with Crippen LogP contribution in [0.15, 0.2) is 48.6 Å². The van der Waals surface area contributed by atoms with Crippen LogP contribution in [0.25, 0.3) is 0 Å². The van der Waals surface area contributed by atoms with E-state index in [4.69, 9.17) is 25.8 Å². The lowest BCUT2D eigenvalue weighted by molar-refractivity contribution is -0.155. The first-order valence-electron chi connectivity index (χ1n) is 19.4. The average Bonchev–Trinajstić information content (AvgIpc) is 3.28. The lowest BCUT2D eigenvalue weighted by atomic mass is 9.63. The fourth-order valence-electron chi connectivity index (χ4n) is 9.38. The zero-order valence-electron chi connectivity index (χ0n) is 31.6. The summed E-state index contributed by atoms with van der Waals surface area (Å²) in [7, 11) is 1.85. The van der Waals surface area contributed by atoms with Crippen molar-refractivity contribution in [3.63, 3.8) is 0 Å². The number of piperazine rings is 1. The highest BCUT2D eigenvalue weighted by Crippen LogP contribution is 2.49. The van der Waals surface area contributed by atoms with Crippen LogP contribution in [0.1, 0.15) is 74.4 Å². The maximum atomic E-state index is 13.4. The Labute approximate surface area is 322 Å². The van der Waals surface area contributed by atoms with E-state index >= 15 is 0 Å². The van der Waals surface area contributed by atoms with Crippen molar-refractivity contribution in [3.05, 3.63) is 70.3 Å². The molecule has 0 radical (unpaired) electrons. The summed E-state index contributed by atoms with van der Waals surface area (Å²) in [4.78, 5) is 32.9. The molecule has 3 heterocycles. The van der Waals surface area contributed by atoms with Crippen molar-refractivity contribution in [2.75, 3.05) is 71.1 Å². The van der Waals surface area contributed by atoms with Gasteiger partial charge in [0, 0.05) is 62.4 Å². The number of hydrogen-bond donors (Lipinski definition) is 1. The largest absolute Gasteiger partial charge is 0.593 e. The van der Waals surface area contributed by atoms with E-state index in [1.807, 2.05) is 44.1 Å². The van der Waals surface area contributed by atoms with E-state index in [-0.39, 0.29) is 41.0 Å². The normalized spacial score (nSPS) is 27.7. The van der Waals surface area contributed by atoms with Crippen molar-refractivity contribution < 1.29 is 28.4 Å². The highest BCUT2D eigenvalue weighted by atomic mass is 35.5. The molecule has 2 aromatic carbocycles. The number of morpholine rings is 1. The SMILES string of the molecule is CC/C=C/[C@@](CN1CCN2C(=O)COCC2C1)(OC)C1CCC1CN1C[C@@]2(CCCc3cc(Cl)ccc32)COc2ccc(C(=O)N[S+]([O-])C(C)C)cc21. The maximum absolute atomic E-state index is 13.4. The molecule has 10 nitrogen and oxygen atoms in total. The Morgan fingerprint density at radius 2 is 2.08 bits per heavy atom. The molecule has 2 aromatic rings. The predicted molar refractivity (Wildman–Crippen MR) is 209 cm³/mol. The first-order valence-corrected chi connectivity index (χ1v) is 21.0. The van der Waals surface area contributed by atoms with Gasteiger partial charge >= 0.3 is 0 Å². The summed E-state index contributed by atoms with van der Waals surface area (Å²) < 4.78 is 34.3. The van der Waals surface area contributed by atoms with Gasteiger partial charge in [-0.25, -0.2) is 0 Å². The molecule has 3 fully saturated rings. The summed E-state index contributed by atoms with van der Waals surface area (Å²) in [6, 6.07) is 12.0. The summed E-state index contributed by atoms with van der Waals surface area (Å²) in [6.07, 6.45) is 10.6. The van der Waals surface area contributed by atoms with Crippen LogP contribution >= 0.6 is 11.6 Å². The fraction of sp³-hybridized carbons (Fsp3) is 0.610. The van der Waals surface area contributed by atoms with Crippen LogP contribution in [0.5, 0.6) is 5.75 Å². The minimum absolute atomic E-state index is 0.0642. The smallest absolute Gasteiger partial charge is 0.292 e. The lowest BCUT2D eigenvalue weighted by Crippen LogP contribution is -2.63. The zero-order chi connectivity index (χ0) is 37.3. The van der Waals surface area contributed by atoms with Crippen molar-refractivity contribution >= 4 is 40.5 Å². The van der Waals surface area contributed by atoms with E-state index in [0.717, 1.165) is 87.7 Å². The maximum Gasteiger partial charge on any atom is 0.292 e. The third-order valence-electron chi connectivity index (χ3n) is 12.3. The predicted octanol–water partition coefficient (Wildman–Crippen LogP) is 5.54. The number of allylic oxidation sites excluding steroid dienone is 1. The number of carbonyl (C=O) groups is 2. The van der Waals surface area contributed by atoms with Crippen LogP contribution in [0.3, 0.4) is 0 Å². The Balaban J connectivity index is 1.20. The summed E-state index contributed by atoms with van der Waals surface area (Å²) in [5.41, 5.74) is 3.18. The molecule has 288 valence electrons. The minimum Gasteiger partial charge on any atom is -0.593 e. The second-order valence-electron chi connectivity index (χ2n) is 16.0. The molecule has 2 amide bonds. The van der Waals surface area contributed by atoms with Gasteiger partial charge in [0.2, 0.25) is 5.91 Å². The number of benzene rings is 2. The number of nitrogens with zero attached hydrogens (tertiary/aromatic N) is 3. The Bertz CT molecular complexity index is 1690. The average molecular weight is 767 g/mol. The summed E-state index contributed by atoms with van der Waals surface area (Å²) >= 11 is 5.02. The van der Waals surface area contributed by atoms with Gasteiger partial charge in [-0.3, -0.25) is 14.5 Å². The number of amides is 2. The van der Waals surface area contributed by atoms with Crippen LogP contribution in [0.4, 0.5) is 5.69 Å².